The van der Waals surface area contributed by atoms with Crippen LogP contribution in [-0.4, -0.2) is 42.2 Å². The van der Waals surface area contributed by atoms with Crippen molar-refractivity contribution >= 4 is 34.1 Å². The van der Waals surface area contributed by atoms with Gasteiger partial charge in [0.25, 0.3) is 11.5 Å². The predicted octanol–water partition coefficient (Wildman–Crippen LogP) is 2.50. The van der Waals surface area contributed by atoms with Gasteiger partial charge in [0.05, 0.1) is 17.6 Å². The Bertz CT molecular complexity index is 1280. The Balaban J connectivity index is 1.63. The van der Waals surface area contributed by atoms with Crippen LogP contribution in [0.15, 0.2) is 47.3 Å². The maximum absolute atomic E-state index is 13.1. The topological polar surface area (TPSA) is 111 Å². The molecule has 2 heterocycles. The predicted molar refractivity (Wildman–Crippen MR) is 126 cm³/mol. The molecule has 9 heteroatoms. The summed E-state index contributed by atoms with van der Waals surface area (Å²) in [5.74, 6) is 0.612. The molecular formula is C24H26N4O5. The van der Waals surface area contributed by atoms with Crippen molar-refractivity contribution in [3.63, 3.8) is 0 Å². The summed E-state index contributed by atoms with van der Waals surface area (Å²) in [6, 6.07) is 11.8. The molecular weight excluding hydrogens is 424 g/mol. The lowest BCUT2D eigenvalue weighted by Crippen LogP contribution is -2.34. The molecule has 33 heavy (non-hydrogen) atoms. The van der Waals surface area contributed by atoms with Crippen molar-refractivity contribution in [2.45, 2.75) is 19.9 Å². The van der Waals surface area contributed by atoms with E-state index in [1.165, 1.54) is 10.6 Å². The van der Waals surface area contributed by atoms with Crippen LogP contribution in [-0.2, 0) is 11.8 Å². The summed E-state index contributed by atoms with van der Waals surface area (Å²) in [7, 11) is 1.65. The Morgan fingerprint density at radius 1 is 1.00 bits per heavy atom. The van der Waals surface area contributed by atoms with Crippen LogP contribution < -0.4 is 31.0 Å². The molecule has 0 unspecified atom stereocenters. The maximum atomic E-state index is 13.1. The molecule has 1 aliphatic rings. The minimum absolute atomic E-state index is 0.0429. The van der Waals surface area contributed by atoms with E-state index in [-0.39, 0.29) is 29.6 Å². The third-order valence-corrected chi connectivity index (χ3v) is 5.19. The van der Waals surface area contributed by atoms with Gasteiger partial charge in [0.1, 0.15) is 13.2 Å². The van der Waals surface area contributed by atoms with E-state index in [4.69, 9.17) is 9.47 Å². The molecule has 4 rings (SSSR count). The van der Waals surface area contributed by atoms with Gasteiger partial charge in [-0.25, -0.2) is 0 Å². The zero-order chi connectivity index (χ0) is 23.5. The van der Waals surface area contributed by atoms with Crippen molar-refractivity contribution in [3.05, 3.63) is 58.4 Å². The van der Waals surface area contributed by atoms with Gasteiger partial charge in [0.15, 0.2) is 11.5 Å². The minimum Gasteiger partial charge on any atom is -0.486 e. The Morgan fingerprint density at radius 3 is 2.48 bits per heavy atom. The number of carbonyl (C=O) groups is 2. The third kappa shape index (κ3) is 4.92. The van der Waals surface area contributed by atoms with Crippen LogP contribution in [0.5, 0.6) is 11.5 Å². The summed E-state index contributed by atoms with van der Waals surface area (Å²) in [6.45, 7) is 4.79. The lowest BCUT2D eigenvalue weighted by molar-refractivity contribution is -0.119. The van der Waals surface area contributed by atoms with Crippen molar-refractivity contribution in [2.75, 3.05) is 30.4 Å². The minimum atomic E-state index is -0.427. The number of fused-ring (bicyclic) bond motifs is 2. The summed E-state index contributed by atoms with van der Waals surface area (Å²) in [4.78, 5) is 37.6. The van der Waals surface area contributed by atoms with Gasteiger partial charge < -0.3 is 30.0 Å². The van der Waals surface area contributed by atoms with Gasteiger partial charge in [-0.1, -0.05) is 0 Å². The largest absolute Gasteiger partial charge is 0.486 e. The Morgan fingerprint density at radius 2 is 1.73 bits per heavy atom. The van der Waals surface area contributed by atoms with Gasteiger partial charge in [0, 0.05) is 42.0 Å². The first-order valence-corrected chi connectivity index (χ1v) is 10.7. The molecule has 172 valence electrons. The number of hydrogen-bond acceptors (Lipinski definition) is 6. The quantitative estimate of drug-likeness (QED) is 0.532. The van der Waals surface area contributed by atoms with Crippen LogP contribution in [0.3, 0.4) is 0 Å². The summed E-state index contributed by atoms with van der Waals surface area (Å²) < 4.78 is 12.6. The van der Waals surface area contributed by atoms with E-state index in [0.29, 0.717) is 47.0 Å². The Kier molecular flexibility index (Phi) is 6.21. The van der Waals surface area contributed by atoms with Crippen LogP contribution in [0, 0.1) is 0 Å². The summed E-state index contributed by atoms with van der Waals surface area (Å²) in [5.41, 5.74) is 1.73. The number of rotatable bonds is 6. The lowest BCUT2D eigenvalue weighted by Gasteiger charge is -2.19. The van der Waals surface area contributed by atoms with Crippen molar-refractivity contribution in [1.82, 2.24) is 9.88 Å². The standard InChI is InChI=1S/C24H26N4O5/c1-14(2)26-22(29)13-25-15-4-6-19-17(10-15)18(12-23(30)28(19)3)24(31)27-16-5-7-20-21(11-16)33-9-8-32-20/h4-7,10-12,14,25H,8-9,13H2,1-3H3,(H,26,29)(H,27,31). The molecule has 0 fully saturated rings. The van der Waals surface area contributed by atoms with E-state index in [0.717, 1.165) is 0 Å². The van der Waals surface area contributed by atoms with Crippen LogP contribution in [0.1, 0.15) is 24.2 Å². The Labute approximate surface area is 190 Å². The molecule has 2 aromatic carbocycles. The van der Waals surface area contributed by atoms with Crippen molar-refractivity contribution in [1.29, 1.82) is 0 Å². The molecule has 0 bridgehead atoms. The van der Waals surface area contributed by atoms with Gasteiger partial charge in [-0.15, -0.1) is 0 Å². The van der Waals surface area contributed by atoms with Crippen LogP contribution in [0.2, 0.25) is 0 Å². The van der Waals surface area contributed by atoms with E-state index < -0.39 is 5.91 Å². The molecule has 3 N–H and O–H groups in total. The van der Waals surface area contributed by atoms with Crippen LogP contribution in [0.25, 0.3) is 10.9 Å². The molecule has 0 spiro atoms. The number of aryl methyl sites for hydroxylation is 1. The number of nitrogens with zero attached hydrogens (tertiary/aromatic N) is 1. The van der Waals surface area contributed by atoms with E-state index in [1.807, 2.05) is 13.8 Å². The zero-order valence-electron chi connectivity index (χ0n) is 18.7. The van der Waals surface area contributed by atoms with Crippen LogP contribution in [0.4, 0.5) is 11.4 Å². The second-order valence-electron chi connectivity index (χ2n) is 8.08. The summed E-state index contributed by atoms with van der Waals surface area (Å²) in [6.07, 6.45) is 0. The lowest BCUT2D eigenvalue weighted by atomic mass is 10.1. The highest BCUT2D eigenvalue weighted by molar-refractivity contribution is 6.13. The molecule has 0 radical (unpaired) electrons. The average Bonchev–Trinajstić information content (AvgIpc) is 2.79. The number of aromatic nitrogens is 1. The zero-order valence-corrected chi connectivity index (χ0v) is 18.7. The van der Waals surface area contributed by atoms with Crippen molar-refractivity contribution in [3.8, 4) is 11.5 Å². The smallest absolute Gasteiger partial charge is 0.256 e. The van der Waals surface area contributed by atoms with Crippen LogP contribution >= 0.6 is 0 Å². The number of amides is 2. The molecule has 2 amide bonds. The number of carbonyl (C=O) groups excluding carboxylic acids is 2. The second kappa shape index (κ2) is 9.23. The first kappa shape index (κ1) is 22.2. The number of hydrogen-bond donors (Lipinski definition) is 3. The molecule has 0 saturated heterocycles. The average molecular weight is 450 g/mol. The SMILES string of the molecule is CC(C)NC(=O)CNc1ccc2c(c1)c(C(=O)Nc1ccc3c(c1)OCCO3)cc(=O)n2C. The monoisotopic (exact) mass is 450 g/mol. The first-order chi connectivity index (χ1) is 15.8. The molecule has 9 nitrogen and oxygen atoms in total. The summed E-state index contributed by atoms with van der Waals surface area (Å²) in [5, 5.41) is 9.30. The molecule has 1 aromatic heterocycles. The normalized spacial score (nSPS) is 12.5. The molecule has 0 atom stereocenters. The molecule has 0 aliphatic carbocycles. The molecule has 1 aliphatic heterocycles. The highest BCUT2D eigenvalue weighted by Gasteiger charge is 2.17. The van der Waals surface area contributed by atoms with E-state index in [1.54, 1.807) is 43.4 Å². The number of anilines is 2. The molecule has 0 saturated carbocycles. The second-order valence-corrected chi connectivity index (χ2v) is 8.08. The highest BCUT2D eigenvalue weighted by Crippen LogP contribution is 2.33. The first-order valence-electron chi connectivity index (χ1n) is 10.7. The van der Waals surface area contributed by atoms with Gasteiger partial charge >= 0.3 is 0 Å². The highest BCUT2D eigenvalue weighted by atomic mass is 16.6. The van der Waals surface area contributed by atoms with E-state index in [2.05, 4.69) is 16.0 Å². The number of pyridine rings is 1. The van der Waals surface area contributed by atoms with Gasteiger partial charge in [-0.2, -0.15) is 0 Å². The third-order valence-electron chi connectivity index (χ3n) is 5.19. The maximum Gasteiger partial charge on any atom is 0.256 e. The Hall–Kier alpha value is -4.01. The fraction of sp³-hybridized carbons (Fsp3) is 0.292. The number of benzene rings is 2. The van der Waals surface area contributed by atoms with Crippen molar-refractivity contribution < 1.29 is 19.1 Å². The van der Waals surface area contributed by atoms with Gasteiger partial charge in [-0.05, 0) is 44.2 Å². The number of ether oxygens (including phenoxy) is 2. The molecule has 3 aromatic rings. The van der Waals surface area contributed by atoms with Gasteiger partial charge in [0.2, 0.25) is 5.91 Å². The fourth-order valence-electron chi connectivity index (χ4n) is 3.63. The summed E-state index contributed by atoms with van der Waals surface area (Å²) >= 11 is 0. The van der Waals surface area contributed by atoms with Crippen molar-refractivity contribution in [2.24, 2.45) is 7.05 Å². The number of nitrogens with one attached hydrogen (secondary N) is 3. The fourth-order valence-corrected chi connectivity index (χ4v) is 3.63. The van der Waals surface area contributed by atoms with Gasteiger partial charge in [-0.3, -0.25) is 14.4 Å². The van der Waals surface area contributed by atoms with E-state index >= 15 is 0 Å². The van der Waals surface area contributed by atoms with E-state index in [9.17, 15) is 14.4 Å².